The third-order valence-electron chi connectivity index (χ3n) is 9.98. The van der Waals surface area contributed by atoms with E-state index in [9.17, 15) is 39.0 Å². The molecule has 2 aromatic rings. The van der Waals surface area contributed by atoms with E-state index in [2.05, 4.69) is 0 Å². The van der Waals surface area contributed by atoms with E-state index in [0.717, 1.165) is 18.1 Å². The number of Topliss-reactive ketones (excluding diaryl/α,β-unsaturated/α-hetero) is 6. The molecule has 2 fully saturated rings. The molecule has 0 saturated heterocycles. The lowest BCUT2D eigenvalue weighted by atomic mass is 9.40. The maximum absolute atomic E-state index is 14.4. The van der Waals surface area contributed by atoms with E-state index in [4.69, 9.17) is 0 Å². The van der Waals surface area contributed by atoms with Gasteiger partial charge in [0.1, 0.15) is 23.2 Å². The lowest BCUT2D eigenvalue weighted by Crippen LogP contribution is -2.76. The van der Waals surface area contributed by atoms with Crippen LogP contribution < -0.4 is 0 Å². The van der Waals surface area contributed by atoms with Gasteiger partial charge < -0.3 is 10.2 Å². The molecule has 5 rings (SSSR count). The van der Waals surface area contributed by atoms with E-state index < -0.39 is 69.0 Å². The second-order valence-corrected chi connectivity index (χ2v) is 13.4. The van der Waals surface area contributed by atoms with Crippen LogP contribution in [0.1, 0.15) is 69.4 Å². The lowest BCUT2D eigenvalue weighted by Gasteiger charge is -2.61. The molecule has 3 aliphatic carbocycles. The van der Waals surface area contributed by atoms with Crippen molar-refractivity contribution < 1.29 is 39.0 Å². The van der Waals surface area contributed by atoms with Crippen LogP contribution in [0.15, 0.2) is 36.4 Å². The first-order valence-electron chi connectivity index (χ1n) is 14.3. The summed E-state index contributed by atoms with van der Waals surface area (Å²) in [5.41, 5.74) is -2.61. The maximum Gasteiger partial charge on any atom is 0.190 e. The molecular weight excluding hydrogens is 536 g/mol. The van der Waals surface area contributed by atoms with Gasteiger partial charge in [-0.1, -0.05) is 58.0 Å². The van der Waals surface area contributed by atoms with Gasteiger partial charge in [-0.25, -0.2) is 0 Å². The minimum Gasteiger partial charge on any atom is -0.507 e. The lowest BCUT2D eigenvalue weighted by molar-refractivity contribution is -0.205. The number of phenols is 1. The van der Waals surface area contributed by atoms with Gasteiger partial charge in [-0.15, -0.1) is 0 Å². The first-order valence-corrected chi connectivity index (χ1v) is 14.3. The van der Waals surface area contributed by atoms with Gasteiger partial charge in [-0.3, -0.25) is 28.8 Å². The first-order chi connectivity index (χ1) is 19.5. The van der Waals surface area contributed by atoms with Crippen LogP contribution in [0.25, 0.3) is 11.1 Å². The first kappa shape index (κ1) is 29.7. The summed E-state index contributed by atoms with van der Waals surface area (Å²) in [5, 5.41) is 23.0. The Hall–Kier alpha value is -3.78. The minimum absolute atomic E-state index is 0.00428. The number of fused-ring (bicyclic) bond motifs is 3. The predicted octanol–water partition coefficient (Wildman–Crippen LogP) is 3.89. The van der Waals surface area contributed by atoms with Crippen molar-refractivity contribution in [2.24, 2.45) is 34.5 Å². The minimum atomic E-state index is -2.72. The van der Waals surface area contributed by atoms with Crippen molar-refractivity contribution in [3.8, 4) is 16.9 Å². The number of aliphatic hydroxyl groups is 1. The van der Waals surface area contributed by atoms with Gasteiger partial charge in [0, 0.05) is 17.8 Å². The predicted molar refractivity (Wildman–Crippen MR) is 153 cm³/mol. The fourth-order valence-corrected chi connectivity index (χ4v) is 8.50. The highest BCUT2D eigenvalue weighted by Gasteiger charge is 2.76. The van der Waals surface area contributed by atoms with Gasteiger partial charge >= 0.3 is 0 Å². The molecule has 0 heterocycles. The van der Waals surface area contributed by atoms with Crippen molar-refractivity contribution in [3.05, 3.63) is 53.1 Å². The monoisotopic (exact) mass is 572 g/mol. The second kappa shape index (κ2) is 9.63. The third-order valence-corrected chi connectivity index (χ3v) is 9.98. The second-order valence-electron chi connectivity index (χ2n) is 13.4. The molecule has 3 aliphatic rings. The van der Waals surface area contributed by atoms with E-state index in [1.807, 2.05) is 24.3 Å². The Morgan fingerprint density at radius 1 is 0.952 bits per heavy atom. The zero-order valence-corrected chi connectivity index (χ0v) is 24.7. The smallest absolute Gasteiger partial charge is 0.190 e. The Morgan fingerprint density at radius 2 is 1.57 bits per heavy atom. The normalized spacial score (nSPS) is 32.3. The molecule has 2 N–H and O–H groups in total. The Bertz CT molecular complexity index is 1580. The number of benzene rings is 2. The van der Waals surface area contributed by atoms with E-state index in [-0.39, 0.29) is 36.4 Å². The number of rotatable bonds is 5. The van der Waals surface area contributed by atoms with Gasteiger partial charge in [0.2, 0.25) is 0 Å². The van der Waals surface area contributed by atoms with Crippen LogP contribution in [0.2, 0.25) is 0 Å². The molecule has 0 aliphatic heterocycles. The summed E-state index contributed by atoms with van der Waals surface area (Å²) in [7, 11) is 0. The summed E-state index contributed by atoms with van der Waals surface area (Å²) < 4.78 is 0. The van der Waals surface area contributed by atoms with Gasteiger partial charge in [-0.05, 0) is 66.3 Å². The van der Waals surface area contributed by atoms with E-state index in [1.165, 1.54) is 13.0 Å². The summed E-state index contributed by atoms with van der Waals surface area (Å²) in [5.74, 6) is -9.12. The number of carbonyl (C=O) groups is 6. The summed E-state index contributed by atoms with van der Waals surface area (Å²) >= 11 is 0. The van der Waals surface area contributed by atoms with Crippen molar-refractivity contribution in [3.63, 3.8) is 0 Å². The number of phenolic OH excluding ortho intramolecular Hbond substituents is 1. The molecule has 8 heteroatoms. The van der Waals surface area contributed by atoms with Crippen LogP contribution >= 0.6 is 0 Å². The van der Waals surface area contributed by atoms with Crippen molar-refractivity contribution in [1.29, 1.82) is 0 Å². The fraction of sp³-hybridized carbons (Fsp3) is 0.471. The van der Waals surface area contributed by atoms with Gasteiger partial charge in [0.05, 0.1) is 11.5 Å². The maximum atomic E-state index is 14.4. The molecule has 220 valence electrons. The van der Waals surface area contributed by atoms with Crippen molar-refractivity contribution in [2.75, 3.05) is 0 Å². The largest absolute Gasteiger partial charge is 0.507 e. The third kappa shape index (κ3) is 3.91. The average Bonchev–Trinajstić information content (AvgIpc) is 2.86. The van der Waals surface area contributed by atoms with E-state index in [0.29, 0.717) is 11.1 Å². The molecule has 6 atom stereocenters. The van der Waals surface area contributed by atoms with Crippen LogP contribution in [-0.2, 0) is 36.8 Å². The Balaban J connectivity index is 1.69. The van der Waals surface area contributed by atoms with E-state index >= 15 is 0 Å². The summed E-state index contributed by atoms with van der Waals surface area (Å²) in [6, 6.07) is 10.4. The van der Waals surface area contributed by atoms with Crippen LogP contribution in [0.4, 0.5) is 0 Å². The average molecular weight is 573 g/mol. The summed E-state index contributed by atoms with van der Waals surface area (Å²) in [6.07, 6.45) is 0.447. The van der Waals surface area contributed by atoms with Crippen LogP contribution in [0.5, 0.6) is 5.75 Å². The van der Waals surface area contributed by atoms with Gasteiger partial charge in [-0.2, -0.15) is 0 Å². The van der Waals surface area contributed by atoms with Crippen molar-refractivity contribution in [1.82, 2.24) is 0 Å². The molecule has 0 aromatic heterocycles. The number of carbonyl (C=O) groups excluding carboxylic acids is 6. The number of aromatic hydroxyl groups is 1. The Morgan fingerprint density at radius 3 is 2.12 bits per heavy atom. The van der Waals surface area contributed by atoms with E-state index in [1.54, 1.807) is 33.8 Å². The van der Waals surface area contributed by atoms with Gasteiger partial charge in [0.15, 0.2) is 28.7 Å². The standard InChI is InChI=1S/C34H36O8/c1-16(2)26-28(38)24(18(4)36)30(40)34(42)31(41)27-29(39)25-22(14-32(27,5)15-33(26,34)6)21(11-12-23(25)37)20-9-7-19(8-10-20)13-17(3)35/h7-12,16,24,26-27,37,42H,13-15H2,1-6H3/t24?,26?,27?,32-,33-,34+/m1/s1. The molecule has 2 aromatic carbocycles. The number of hydrogen-bond acceptors (Lipinski definition) is 8. The fourth-order valence-electron chi connectivity index (χ4n) is 8.50. The molecule has 2 saturated carbocycles. The quantitative estimate of drug-likeness (QED) is 0.514. The number of ketones is 6. The van der Waals surface area contributed by atoms with Crippen LogP contribution in [0.3, 0.4) is 0 Å². The molecule has 0 bridgehead atoms. The molecule has 0 amide bonds. The highest BCUT2D eigenvalue weighted by Crippen LogP contribution is 2.64. The molecule has 42 heavy (non-hydrogen) atoms. The topological polar surface area (TPSA) is 143 Å². The zero-order chi connectivity index (χ0) is 31.1. The molecular formula is C34H36O8. The van der Waals surface area contributed by atoms with Crippen molar-refractivity contribution >= 4 is 34.7 Å². The molecule has 0 spiro atoms. The Labute approximate surface area is 244 Å². The van der Waals surface area contributed by atoms with Crippen LogP contribution in [-0.4, -0.2) is 50.5 Å². The van der Waals surface area contributed by atoms with Gasteiger partial charge in [0.25, 0.3) is 0 Å². The van der Waals surface area contributed by atoms with Crippen molar-refractivity contribution in [2.45, 2.75) is 66.4 Å². The number of hydrogen-bond donors (Lipinski definition) is 2. The molecule has 3 unspecified atom stereocenters. The SMILES string of the molecule is CC(=O)Cc1ccc(-c2ccc(O)c3c2C[C@]2(C)C[C@]4(C)C(C(C)C)C(=O)C(C(C)=O)C(=O)[C@]4(O)C(=O)C2C3=O)cc1. The molecule has 8 nitrogen and oxygen atoms in total. The van der Waals surface area contributed by atoms with Crippen LogP contribution in [0, 0.1) is 34.5 Å². The summed E-state index contributed by atoms with van der Waals surface area (Å²) in [4.78, 5) is 80.0. The highest BCUT2D eigenvalue weighted by molar-refractivity contribution is 6.32. The highest BCUT2D eigenvalue weighted by atomic mass is 16.3. The molecule has 0 radical (unpaired) electrons. The Kier molecular flexibility index (Phi) is 6.81. The zero-order valence-electron chi connectivity index (χ0n) is 24.7. The summed E-state index contributed by atoms with van der Waals surface area (Å²) in [6.45, 7) is 9.43.